The first kappa shape index (κ1) is 11.3. The molecule has 1 heterocycles. The number of hydrogen-bond acceptors (Lipinski definition) is 3. The molecule has 0 fully saturated rings. The number of para-hydroxylation sites is 1. The second kappa shape index (κ2) is 4.34. The van der Waals surface area contributed by atoms with E-state index in [0.717, 1.165) is 13.0 Å². The summed E-state index contributed by atoms with van der Waals surface area (Å²) < 4.78 is 0. The Morgan fingerprint density at radius 1 is 1.38 bits per heavy atom. The van der Waals surface area contributed by atoms with Crippen molar-refractivity contribution in [3.63, 3.8) is 0 Å². The predicted molar refractivity (Wildman–Crippen MR) is 70.3 cm³/mol. The molecule has 1 aromatic carbocycles. The molecule has 1 aromatic rings. The molecule has 0 amide bonds. The molecule has 0 radical (unpaired) electrons. The zero-order valence-electron chi connectivity index (χ0n) is 10.4. The highest BCUT2D eigenvalue weighted by Crippen LogP contribution is 2.36. The van der Waals surface area contributed by atoms with Crippen molar-refractivity contribution >= 4 is 11.4 Å². The van der Waals surface area contributed by atoms with Crippen molar-refractivity contribution in [1.29, 1.82) is 0 Å². The molecule has 3 heteroatoms. The van der Waals surface area contributed by atoms with Crippen LogP contribution < -0.4 is 15.5 Å². The summed E-state index contributed by atoms with van der Waals surface area (Å²) in [6.45, 7) is 3.92. The lowest BCUT2D eigenvalue weighted by atomic mass is 10.0. The van der Waals surface area contributed by atoms with Gasteiger partial charge in [-0.05, 0) is 18.1 Å². The van der Waals surface area contributed by atoms with Crippen molar-refractivity contribution < 1.29 is 0 Å². The summed E-state index contributed by atoms with van der Waals surface area (Å²) in [5, 5.41) is 0. The van der Waals surface area contributed by atoms with E-state index in [1.54, 1.807) is 0 Å². The molecule has 0 spiro atoms. The van der Waals surface area contributed by atoms with Crippen LogP contribution in [0.15, 0.2) is 18.2 Å². The van der Waals surface area contributed by atoms with Crippen LogP contribution in [-0.4, -0.2) is 33.2 Å². The highest BCUT2D eigenvalue weighted by molar-refractivity contribution is 5.77. The Morgan fingerprint density at radius 3 is 2.75 bits per heavy atom. The molecular weight excluding hydrogens is 198 g/mol. The number of hydrogen-bond donors (Lipinski definition) is 1. The standard InChI is InChI=1S/C13H21N3/c1-4-10-6-5-7-12-13(10)16(3)11(8-14)9-15(12)2/h5-7,11H,4,8-9,14H2,1-3H3. The quantitative estimate of drug-likeness (QED) is 0.817. The van der Waals surface area contributed by atoms with Gasteiger partial charge in [0.05, 0.1) is 17.4 Å². The van der Waals surface area contributed by atoms with E-state index in [1.165, 1.54) is 16.9 Å². The van der Waals surface area contributed by atoms with E-state index in [4.69, 9.17) is 5.73 Å². The van der Waals surface area contributed by atoms with E-state index >= 15 is 0 Å². The Bertz CT molecular complexity index is 375. The molecule has 1 aliphatic heterocycles. The smallest absolute Gasteiger partial charge is 0.0637 e. The molecule has 2 N–H and O–H groups in total. The lowest BCUT2D eigenvalue weighted by molar-refractivity contribution is 0.607. The number of aryl methyl sites for hydroxylation is 1. The summed E-state index contributed by atoms with van der Waals surface area (Å²) >= 11 is 0. The monoisotopic (exact) mass is 219 g/mol. The van der Waals surface area contributed by atoms with Crippen LogP contribution in [0.25, 0.3) is 0 Å². The van der Waals surface area contributed by atoms with Gasteiger partial charge >= 0.3 is 0 Å². The van der Waals surface area contributed by atoms with Crippen molar-refractivity contribution in [1.82, 2.24) is 0 Å². The lowest BCUT2D eigenvalue weighted by Gasteiger charge is -2.42. The van der Waals surface area contributed by atoms with Crippen molar-refractivity contribution in [3.05, 3.63) is 23.8 Å². The SMILES string of the molecule is CCc1cccc2c1N(C)C(CN)CN2C. The predicted octanol–water partition coefficient (Wildman–Crippen LogP) is 1.46. The minimum atomic E-state index is 0.421. The minimum Gasteiger partial charge on any atom is -0.371 e. The first-order valence-electron chi connectivity index (χ1n) is 5.95. The number of rotatable bonds is 2. The highest BCUT2D eigenvalue weighted by atomic mass is 15.3. The van der Waals surface area contributed by atoms with E-state index in [9.17, 15) is 0 Å². The van der Waals surface area contributed by atoms with Gasteiger partial charge in [-0.2, -0.15) is 0 Å². The van der Waals surface area contributed by atoms with Gasteiger partial charge in [0.1, 0.15) is 0 Å². The second-order valence-electron chi connectivity index (χ2n) is 4.52. The largest absolute Gasteiger partial charge is 0.371 e. The van der Waals surface area contributed by atoms with Crippen LogP contribution in [0.2, 0.25) is 0 Å². The summed E-state index contributed by atoms with van der Waals surface area (Å²) in [6.07, 6.45) is 1.07. The van der Waals surface area contributed by atoms with Crippen LogP contribution in [0.5, 0.6) is 0 Å². The Balaban J connectivity index is 2.50. The number of benzene rings is 1. The number of nitrogens with zero attached hydrogens (tertiary/aromatic N) is 2. The van der Waals surface area contributed by atoms with E-state index in [-0.39, 0.29) is 0 Å². The van der Waals surface area contributed by atoms with Gasteiger partial charge in [-0.1, -0.05) is 19.1 Å². The first-order chi connectivity index (χ1) is 7.69. The Labute approximate surface area is 97.8 Å². The average molecular weight is 219 g/mol. The lowest BCUT2D eigenvalue weighted by Crippen LogP contribution is -2.50. The number of anilines is 2. The van der Waals surface area contributed by atoms with E-state index < -0.39 is 0 Å². The van der Waals surface area contributed by atoms with Crippen LogP contribution in [-0.2, 0) is 6.42 Å². The maximum Gasteiger partial charge on any atom is 0.0637 e. The van der Waals surface area contributed by atoms with Gasteiger partial charge in [0.15, 0.2) is 0 Å². The molecule has 2 rings (SSSR count). The Morgan fingerprint density at radius 2 is 2.12 bits per heavy atom. The summed E-state index contributed by atoms with van der Waals surface area (Å²) in [7, 11) is 4.30. The van der Waals surface area contributed by atoms with E-state index in [1.807, 2.05) is 0 Å². The second-order valence-corrected chi connectivity index (χ2v) is 4.52. The summed E-state index contributed by atoms with van der Waals surface area (Å²) in [4.78, 5) is 4.65. The average Bonchev–Trinajstić information content (AvgIpc) is 2.32. The molecule has 3 nitrogen and oxygen atoms in total. The molecular formula is C13H21N3. The van der Waals surface area contributed by atoms with Gasteiger partial charge in [-0.15, -0.1) is 0 Å². The van der Waals surface area contributed by atoms with Gasteiger partial charge in [0, 0.05) is 27.2 Å². The molecule has 1 aliphatic rings. The zero-order chi connectivity index (χ0) is 11.7. The van der Waals surface area contributed by atoms with Crippen molar-refractivity contribution in [2.75, 3.05) is 37.0 Å². The molecule has 0 bridgehead atoms. The van der Waals surface area contributed by atoms with Gasteiger partial charge in [0.2, 0.25) is 0 Å². The fraction of sp³-hybridized carbons (Fsp3) is 0.538. The Kier molecular flexibility index (Phi) is 3.06. The molecule has 1 atom stereocenters. The van der Waals surface area contributed by atoms with Gasteiger partial charge in [-0.3, -0.25) is 0 Å². The van der Waals surface area contributed by atoms with Crippen molar-refractivity contribution in [2.24, 2.45) is 5.73 Å². The molecule has 1 unspecified atom stereocenters. The van der Waals surface area contributed by atoms with Gasteiger partial charge in [-0.25, -0.2) is 0 Å². The summed E-state index contributed by atoms with van der Waals surface area (Å²) in [5.74, 6) is 0. The first-order valence-corrected chi connectivity index (χ1v) is 5.95. The van der Waals surface area contributed by atoms with E-state index in [0.29, 0.717) is 12.6 Å². The van der Waals surface area contributed by atoms with Crippen molar-refractivity contribution in [3.8, 4) is 0 Å². The number of likely N-dealkylation sites (N-methyl/N-ethyl adjacent to an activating group) is 2. The van der Waals surface area contributed by atoms with Crippen LogP contribution in [0.1, 0.15) is 12.5 Å². The fourth-order valence-corrected chi connectivity index (χ4v) is 2.53. The maximum atomic E-state index is 5.84. The third-order valence-corrected chi connectivity index (χ3v) is 3.55. The fourth-order valence-electron chi connectivity index (χ4n) is 2.53. The maximum absolute atomic E-state index is 5.84. The molecule has 0 saturated heterocycles. The molecule has 0 aromatic heterocycles. The van der Waals surface area contributed by atoms with Crippen LogP contribution in [0, 0.1) is 0 Å². The zero-order valence-corrected chi connectivity index (χ0v) is 10.4. The molecule has 16 heavy (non-hydrogen) atoms. The minimum absolute atomic E-state index is 0.421. The van der Waals surface area contributed by atoms with Crippen LogP contribution in [0.4, 0.5) is 11.4 Å². The Hall–Kier alpha value is -1.22. The molecule has 0 saturated carbocycles. The number of nitrogens with two attached hydrogens (primary N) is 1. The number of fused-ring (bicyclic) bond motifs is 1. The molecule has 88 valence electrons. The summed E-state index contributed by atoms with van der Waals surface area (Å²) in [5.41, 5.74) is 9.92. The van der Waals surface area contributed by atoms with Crippen LogP contribution in [0.3, 0.4) is 0 Å². The van der Waals surface area contributed by atoms with Gasteiger partial charge in [0.25, 0.3) is 0 Å². The topological polar surface area (TPSA) is 32.5 Å². The van der Waals surface area contributed by atoms with E-state index in [2.05, 4.69) is 49.0 Å². The molecule has 0 aliphatic carbocycles. The third kappa shape index (κ3) is 1.65. The van der Waals surface area contributed by atoms with Gasteiger partial charge < -0.3 is 15.5 Å². The summed E-state index contributed by atoms with van der Waals surface area (Å²) in [6, 6.07) is 6.97. The highest BCUT2D eigenvalue weighted by Gasteiger charge is 2.26. The normalized spacial score (nSPS) is 19.9. The third-order valence-electron chi connectivity index (χ3n) is 3.55. The van der Waals surface area contributed by atoms with Crippen LogP contribution >= 0.6 is 0 Å². The van der Waals surface area contributed by atoms with Crippen molar-refractivity contribution in [2.45, 2.75) is 19.4 Å².